The molecule has 0 saturated carbocycles. The molecule has 0 aliphatic rings. The fourth-order valence-electron chi connectivity index (χ4n) is 2.56. The molecule has 0 spiro atoms. The van der Waals surface area contributed by atoms with Gasteiger partial charge in [0.2, 0.25) is 5.91 Å². The quantitative estimate of drug-likeness (QED) is 0.733. The number of ether oxygens (including phenoxy) is 2. The number of benzene rings is 2. The second kappa shape index (κ2) is 9.69. The molecule has 2 rings (SSSR count). The summed E-state index contributed by atoms with van der Waals surface area (Å²) in [5.41, 5.74) is 2.98. The summed E-state index contributed by atoms with van der Waals surface area (Å²) < 4.78 is 10.5. The molecule has 25 heavy (non-hydrogen) atoms. The number of rotatable bonds is 9. The highest BCUT2D eigenvalue weighted by molar-refractivity contribution is 5.91. The summed E-state index contributed by atoms with van der Waals surface area (Å²) in [6.07, 6.45) is 1.05. The van der Waals surface area contributed by atoms with E-state index in [4.69, 9.17) is 9.47 Å². The van der Waals surface area contributed by atoms with Gasteiger partial charge in [-0.1, -0.05) is 31.2 Å². The molecule has 2 aromatic carbocycles. The minimum Gasteiger partial charge on any atom is -0.493 e. The van der Waals surface area contributed by atoms with E-state index in [-0.39, 0.29) is 5.91 Å². The molecule has 0 heterocycles. The number of methoxy groups -OCH3 is 2. The Kier molecular flexibility index (Phi) is 7.29. The van der Waals surface area contributed by atoms with Gasteiger partial charge in [0.05, 0.1) is 14.2 Å². The number of hydrogen-bond donors (Lipinski definition) is 2. The minimum absolute atomic E-state index is 0.00117. The Morgan fingerprint density at radius 1 is 1.04 bits per heavy atom. The molecule has 134 valence electrons. The Bertz CT molecular complexity index is 701. The van der Waals surface area contributed by atoms with Gasteiger partial charge in [0.25, 0.3) is 0 Å². The summed E-state index contributed by atoms with van der Waals surface area (Å²) in [6.45, 7) is 3.69. The lowest BCUT2D eigenvalue weighted by atomic mass is 10.1. The van der Waals surface area contributed by atoms with Crippen LogP contribution in [0.4, 0.5) is 5.69 Å². The van der Waals surface area contributed by atoms with Gasteiger partial charge in [0, 0.05) is 18.7 Å². The van der Waals surface area contributed by atoms with E-state index in [1.807, 2.05) is 42.5 Å². The molecular formula is C20H26N2O3. The van der Waals surface area contributed by atoms with E-state index in [9.17, 15) is 4.79 Å². The first-order valence-corrected chi connectivity index (χ1v) is 8.47. The number of hydrogen-bond acceptors (Lipinski definition) is 4. The number of amides is 1. The summed E-state index contributed by atoms with van der Waals surface area (Å²) in [5.74, 6) is 1.36. The SMILES string of the molecule is CCNCc1ccccc1NC(=O)CCc1ccc(OC)c(OC)c1. The zero-order valence-corrected chi connectivity index (χ0v) is 15.1. The monoisotopic (exact) mass is 342 g/mol. The lowest BCUT2D eigenvalue weighted by molar-refractivity contribution is -0.116. The Labute approximate surface area is 149 Å². The van der Waals surface area contributed by atoms with Crippen LogP contribution >= 0.6 is 0 Å². The third-order valence-corrected chi connectivity index (χ3v) is 3.95. The van der Waals surface area contributed by atoms with Gasteiger partial charge in [-0.3, -0.25) is 4.79 Å². The van der Waals surface area contributed by atoms with Gasteiger partial charge >= 0.3 is 0 Å². The fourth-order valence-corrected chi connectivity index (χ4v) is 2.56. The van der Waals surface area contributed by atoms with Crippen molar-refractivity contribution in [3.63, 3.8) is 0 Å². The van der Waals surface area contributed by atoms with Crippen molar-refractivity contribution in [2.24, 2.45) is 0 Å². The van der Waals surface area contributed by atoms with Crippen LogP contribution in [0.1, 0.15) is 24.5 Å². The normalized spacial score (nSPS) is 10.4. The number of para-hydroxylation sites is 1. The zero-order valence-electron chi connectivity index (χ0n) is 15.1. The highest BCUT2D eigenvalue weighted by atomic mass is 16.5. The van der Waals surface area contributed by atoms with Gasteiger partial charge in [0.15, 0.2) is 11.5 Å². The average Bonchev–Trinajstić information content (AvgIpc) is 2.65. The minimum atomic E-state index is -0.00117. The van der Waals surface area contributed by atoms with Gasteiger partial charge in [-0.15, -0.1) is 0 Å². The number of carbonyl (C=O) groups excluding carboxylic acids is 1. The Hall–Kier alpha value is -2.53. The summed E-state index contributed by atoms with van der Waals surface area (Å²) in [6, 6.07) is 13.6. The second-order valence-electron chi connectivity index (χ2n) is 5.67. The molecule has 0 aliphatic heterocycles. The molecule has 0 radical (unpaired) electrons. The van der Waals surface area contributed by atoms with E-state index >= 15 is 0 Å². The molecule has 0 unspecified atom stereocenters. The van der Waals surface area contributed by atoms with Crippen LogP contribution in [0.25, 0.3) is 0 Å². The third-order valence-electron chi connectivity index (χ3n) is 3.95. The Morgan fingerprint density at radius 2 is 1.80 bits per heavy atom. The van der Waals surface area contributed by atoms with E-state index < -0.39 is 0 Å². The fraction of sp³-hybridized carbons (Fsp3) is 0.350. The summed E-state index contributed by atoms with van der Waals surface area (Å²) in [5, 5.41) is 6.29. The average molecular weight is 342 g/mol. The third kappa shape index (κ3) is 5.50. The van der Waals surface area contributed by atoms with Crippen LogP contribution in [-0.2, 0) is 17.8 Å². The van der Waals surface area contributed by atoms with Crippen molar-refractivity contribution in [3.8, 4) is 11.5 Å². The van der Waals surface area contributed by atoms with E-state index in [0.717, 1.165) is 29.9 Å². The van der Waals surface area contributed by atoms with Crippen molar-refractivity contribution in [2.45, 2.75) is 26.3 Å². The molecule has 2 N–H and O–H groups in total. The van der Waals surface area contributed by atoms with Crippen LogP contribution in [0, 0.1) is 0 Å². The van der Waals surface area contributed by atoms with Crippen molar-refractivity contribution < 1.29 is 14.3 Å². The Morgan fingerprint density at radius 3 is 2.52 bits per heavy atom. The van der Waals surface area contributed by atoms with Gasteiger partial charge in [-0.2, -0.15) is 0 Å². The first-order chi connectivity index (χ1) is 12.2. The van der Waals surface area contributed by atoms with Crippen molar-refractivity contribution >= 4 is 11.6 Å². The number of carbonyl (C=O) groups is 1. The highest BCUT2D eigenvalue weighted by Crippen LogP contribution is 2.28. The van der Waals surface area contributed by atoms with Gasteiger partial charge in [0.1, 0.15) is 0 Å². The maximum Gasteiger partial charge on any atom is 0.224 e. The van der Waals surface area contributed by atoms with Gasteiger partial charge in [-0.05, 0) is 42.3 Å². The summed E-state index contributed by atoms with van der Waals surface area (Å²) >= 11 is 0. The van der Waals surface area contributed by atoms with Crippen LogP contribution in [0.15, 0.2) is 42.5 Å². The van der Waals surface area contributed by atoms with Gasteiger partial charge < -0.3 is 20.1 Å². The number of nitrogens with one attached hydrogen (secondary N) is 2. The molecule has 2 aromatic rings. The lowest BCUT2D eigenvalue weighted by Gasteiger charge is -2.12. The standard InChI is InChI=1S/C20H26N2O3/c1-4-21-14-16-7-5-6-8-17(16)22-20(23)12-10-15-9-11-18(24-2)19(13-15)25-3/h5-9,11,13,21H,4,10,12,14H2,1-3H3,(H,22,23). The molecular weight excluding hydrogens is 316 g/mol. The predicted octanol–water partition coefficient (Wildman–Crippen LogP) is 3.38. The lowest BCUT2D eigenvalue weighted by Crippen LogP contribution is -2.17. The van der Waals surface area contributed by atoms with E-state index in [1.54, 1.807) is 14.2 Å². The first-order valence-electron chi connectivity index (χ1n) is 8.47. The van der Waals surface area contributed by atoms with Crippen LogP contribution in [0.5, 0.6) is 11.5 Å². The molecule has 1 amide bonds. The van der Waals surface area contributed by atoms with Crippen LogP contribution in [0.3, 0.4) is 0 Å². The molecule has 0 atom stereocenters. The summed E-state index contributed by atoms with van der Waals surface area (Å²) in [7, 11) is 3.21. The van der Waals surface area contributed by atoms with E-state index in [0.29, 0.717) is 24.3 Å². The van der Waals surface area contributed by atoms with Crippen molar-refractivity contribution in [3.05, 3.63) is 53.6 Å². The molecule has 0 fully saturated rings. The molecule has 0 saturated heterocycles. The number of aryl methyl sites for hydroxylation is 1. The predicted molar refractivity (Wildman–Crippen MR) is 100 cm³/mol. The topological polar surface area (TPSA) is 59.6 Å². The Balaban J connectivity index is 1.95. The van der Waals surface area contributed by atoms with Crippen LogP contribution in [0.2, 0.25) is 0 Å². The van der Waals surface area contributed by atoms with E-state index in [1.165, 1.54) is 0 Å². The summed E-state index contributed by atoms with van der Waals surface area (Å²) in [4.78, 5) is 12.3. The smallest absolute Gasteiger partial charge is 0.224 e. The van der Waals surface area contributed by atoms with Crippen molar-refractivity contribution in [2.75, 3.05) is 26.1 Å². The van der Waals surface area contributed by atoms with Crippen LogP contribution < -0.4 is 20.1 Å². The first kappa shape index (κ1) is 18.8. The highest BCUT2D eigenvalue weighted by Gasteiger charge is 2.09. The molecule has 0 bridgehead atoms. The molecule has 5 heteroatoms. The molecule has 0 aliphatic carbocycles. The van der Waals surface area contributed by atoms with Crippen LogP contribution in [-0.4, -0.2) is 26.7 Å². The van der Waals surface area contributed by atoms with E-state index in [2.05, 4.69) is 17.6 Å². The van der Waals surface area contributed by atoms with Crippen molar-refractivity contribution in [1.29, 1.82) is 0 Å². The van der Waals surface area contributed by atoms with Gasteiger partial charge in [-0.25, -0.2) is 0 Å². The zero-order chi connectivity index (χ0) is 18.1. The second-order valence-corrected chi connectivity index (χ2v) is 5.67. The van der Waals surface area contributed by atoms with Crippen molar-refractivity contribution in [1.82, 2.24) is 5.32 Å². The molecule has 5 nitrogen and oxygen atoms in total. The maximum atomic E-state index is 12.3. The maximum absolute atomic E-state index is 12.3. The largest absolute Gasteiger partial charge is 0.493 e. The number of anilines is 1. The molecule has 0 aromatic heterocycles.